The number of carbonyl (C=O) groups excluding carboxylic acids is 1. The third kappa shape index (κ3) is 7.22. The molecule has 2 N–H and O–H groups in total. The summed E-state index contributed by atoms with van der Waals surface area (Å²) in [5.41, 5.74) is 2.01. The van der Waals surface area contributed by atoms with Crippen molar-refractivity contribution in [2.24, 2.45) is 0 Å². The molecule has 0 radical (unpaired) electrons. The fraction of sp³-hybridized carbons (Fsp3) is 0.562. The van der Waals surface area contributed by atoms with Crippen LogP contribution in [-0.4, -0.2) is 51.2 Å². The lowest BCUT2D eigenvalue weighted by Gasteiger charge is -2.19. The Hall–Kier alpha value is -1.43. The Morgan fingerprint density at radius 3 is 2.81 bits per heavy atom. The molecule has 0 aliphatic carbocycles. The highest BCUT2D eigenvalue weighted by Crippen LogP contribution is 2.17. The third-order valence-corrected chi connectivity index (χ3v) is 3.33. The summed E-state index contributed by atoms with van der Waals surface area (Å²) in [6.07, 6.45) is 0. The van der Waals surface area contributed by atoms with Gasteiger partial charge in [0.05, 0.1) is 6.61 Å². The van der Waals surface area contributed by atoms with Gasteiger partial charge in [0.1, 0.15) is 0 Å². The van der Waals surface area contributed by atoms with E-state index in [9.17, 15) is 4.79 Å². The Labute approximate surface area is 127 Å². The van der Waals surface area contributed by atoms with E-state index in [0.717, 1.165) is 31.9 Å². The van der Waals surface area contributed by atoms with E-state index in [1.165, 1.54) is 12.5 Å². The van der Waals surface area contributed by atoms with E-state index in [0.29, 0.717) is 0 Å². The van der Waals surface area contributed by atoms with Crippen molar-refractivity contribution in [1.82, 2.24) is 10.2 Å². The molecule has 0 spiro atoms. The Bertz CT molecular complexity index is 437. The zero-order valence-electron chi connectivity index (χ0n) is 13.5. The van der Waals surface area contributed by atoms with Gasteiger partial charge in [0.15, 0.2) is 0 Å². The normalized spacial score (nSPS) is 12.4. The summed E-state index contributed by atoms with van der Waals surface area (Å²) in [6.45, 7) is 7.21. The molecule has 0 aliphatic heterocycles. The molecule has 1 amide bonds. The lowest BCUT2D eigenvalue weighted by Crippen LogP contribution is -2.32. The van der Waals surface area contributed by atoms with E-state index in [4.69, 9.17) is 4.74 Å². The summed E-state index contributed by atoms with van der Waals surface area (Å²) in [5, 5.41) is 6.30. The van der Waals surface area contributed by atoms with Crippen LogP contribution in [0.4, 0.5) is 5.69 Å². The lowest BCUT2D eigenvalue weighted by molar-refractivity contribution is -0.114. The molecule has 0 saturated heterocycles. The quantitative estimate of drug-likeness (QED) is 0.730. The molecular formula is C16H27N3O2. The number of hydrogen-bond donors (Lipinski definition) is 2. The standard InChI is InChI=1S/C16H27N3O2/c1-13(17-8-9-19(3)10-11-21-4)15-6-5-7-16(12-15)18-14(2)20/h5-7,12-13,17H,8-11H2,1-4H3,(H,18,20). The maximum Gasteiger partial charge on any atom is 0.221 e. The van der Waals surface area contributed by atoms with Crippen LogP contribution in [0, 0.1) is 0 Å². The van der Waals surface area contributed by atoms with Gasteiger partial charge in [0, 0.05) is 45.4 Å². The van der Waals surface area contributed by atoms with Crippen LogP contribution in [0.5, 0.6) is 0 Å². The molecule has 1 rings (SSSR count). The number of rotatable bonds is 9. The van der Waals surface area contributed by atoms with Crippen molar-refractivity contribution in [2.75, 3.05) is 45.7 Å². The molecule has 0 aromatic heterocycles. The van der Waals surface area contributed by atoms with Crippen molar-refractivity contribution in [3.63, 3.8) is 0 Å². The molecule has 0 aliphatic rings. The van der Waals surface area contributed by atoms with Gasteiger partial charge in [-0.2, -0.15) is 0 Å². The van der Waals surface area contributed by atoms with Crippen LogP contribution in [0.1, 0.15) is 25.5 Å². The monoisotopic (exact) mass is 293 g/mol. The number of hydrogen-bond acceptors (Lipinski definition) is 4. The number of methoxy groups -OCH3 is 1. The fourth-order valence-electron chi connectivity index (χ4n) is 2.04. The smallest absolute Gasteiger partial charge is 0.221 e. The zero-order valence-corrected chi connectivity index (χ0v) is 13.5. The molecular weight excluding hydrogens is 266 g/mol. The van der Waals surface area contributed by atoms with Gasteiger partial charge in [-0.3, -0.25) is 4.79 Å². The first-order chi connectivity index (χ1) is 10.0. The minimum atomic E-state index is -0.0486. The van der Waals surface area contributed by atoms with Crippen molar-refractivity contribution < 1.29 is 9.53 Å². The van der Waals surface area contributed by atoms with Crippen molar-refractivity contribution in [3.05, 3.63) is 29.8 Å². The van der Waals surface area contributed by atoms with E-state index >= 15 is 0 Å². The van der Waals surface area contributed by atoms with Crippen LogP contribution in [0.3, 0.4) is 0 Å². The van der Waals surface area contributed by atoms with Crippen LogP contribution >= 0.6 is 0 Å². The summed E-state index contributed by atoms with van der Waals surface area (Å²) in [7, 11) is 3.80. The molecule has 0 saturated carbocycles. The molecule has 0 fully saturated rings. The van der Waals surface area contributed by atoms with Crippen LogP contribution in [0.25, 0.3) is 0 Å². The minimum absolute atomic E-state index is 0.0486. The molecule has 1 atom stereocenters. The summed E-state index contributed by atoms with van der Waals surface area (Å²) in [6, 6.07) is 8.18. The molecule has 0 heterocycles. The van der Waals surface area contributed by atoms with E-state index in [2.05, 4.69) is 35.6 Å². The number of anilines is 1. The topological polar surface area (TPSA) is 53.6 Å². The third-order valence-electron chi connectivity index (χ3n) is 3.33. The van der Waals surface area contributed by atoms with Crippen molar-refractivity contribution in [1.29, 1.82) is 0 Å². The largest absolute Gasteiger partial charge is 0.383 e. The highest BCUT2D eigenvalue weighted by Gasteiger charge is 2.06. The molecule has 5 heteroatoms. The van der Waals surface area contributed by atoms with Gasteiger partial charge in [-0.1, -0.05) is 12.1 Å². The van der Waals surface area contributed by atoms with Gasteiger partial charge in [-0.25, -0.2) is 0 Å². The second-order valence-corrected chi connectivity index (χ2v) is 5.28. The van der Waals surface area contributed by atoms with Gasteiger partial charge in [0.25, 0.3) is 0 Å². The highest BCUT2D eigenvalue weighted by molar-refractivity contribution is 5.88. The van der Waals surface area contributed by atoms with Crippen LogP contribution in [-0.2, 0) is 9.53 Å². The first-order valence-electron chi connectivity index (χ1n) is 7.31. The molecule has 21 heavy (non-hydrogen) atoms. The first kappa shape index (κ1) is 17.6. The van der Waals surface area contributed by atoms with Crippen LogP contribution in [0.15, 0.2) is 24.3 Å². The van der Waals surface area contributed by atoms with Crippen molar-refractivity contribution in [3.8, 4) is 0 Å². The maximum absolute atomic E-state index is 11.1. The summed E-state index contributed by atoms with van der Waals surface area (Å²) < 4.78 is 5.06. The Morgan fingerprint density at radius 1 is 1.38 bits per heavy atom. The number of carbonyl (C=O) groups is 1. The number of benzene rings is 1. The van der Waals surface area contributed by atoms with Crippen molar-refractivity contribution in [2.45, 2.75) is 19.9 Å². The Morgan fingerprint density at radius 2 is 2.14 bits per heavy atom. The van der Waals surface area contributed by atoms with Gasteiger partial charge in [0.2, 0.25) is 5.91 Å². The Kier molecular flexibility index (Phi) is 7.97. The lowest BCUT2D eigenvalue weighted by atomic mass is 10.1. The number of ether oxygens (including phenoxy) is 1. The SMILES string of the molecule is COCCN(C)CCNC(C)c1cccc(NC(C)=O)c1. The number of nitrogens with zero attached hydrogens (tertiary/aromatic N) is 1. The second-order valence-electron chi connectivity index (χ2n) is 5.28. The number of likely N-dealkylation sites (N-methyl/N-ethyl adjacent to an activating group) is 1. The minimum Gasteiger partial charge on any atom is -0.383 e. The van der Waals surface area contributed by atoms with E-state index in [1.54, 1.807) is 7.11 Å². The fourth-order valence-corrected chi connectivity index (χ4v) is 2.04. The number of nitrogens with one attached hydrogen (secondary N) is 2. The summed E-state index contributed by atoms with van der Waals surface area (Å²) in [5.74, 6) is -0.0486. The Balaban J connectivity index is 2.41. The van der Waals surface area contributed by atoms with Crippen molar-refractivity contribution >= 4 is 11.6 Å². The molecule has 1 aromatic carbocycles. The van der Waals surface area contributed by atoms with Crippen LogP contribution in [0.2, 0.25) is 0 Å². The van der Waals surface area contributed by atoms with Gasteiger partial charge in [-0.05, 0) is 31.7 Å². The van der Waals surface area contributed by atoms with E-state index < -0.39 is 0 Å². The number of amides is 1. The molecule has 0 bridgehead atoms. The van der Waals surface area contributed by atoms with E-state index in [1.807, 2.05) is 18.2 Å². The zero-order chi connectivity index (χ0) is 15.7. The van der Waals surface area contributed by atoms with Gasteiger partial charge >= 0.3 is 0 Å². The predicted octanol–water partition coefficient (Wildman–Crippen LogP) is 1.87. The van der Waals surface area contributed by atoms with Crippen LogP contribution < -0.4 is 10.6 Å². The molecule has 118 valence electrons. The maximum atomic E-state index is 11.1. The summed E-state index contributed by atoms with van der Waals surface area (Å²) >= 11 is 0. The molecule has 5 nitrogen and oxygen atoms in total. The predicted molar refractivity (Wildman–Crippen MR) is 86.5 cm³/mol. The van der Waals surface area contributed by atoms with Gasteiger partial charge < -0.3 is 20.3 Å². The second kappa shape index (κ2) is 9.50. The average Bonchev–Trinajstić information content (AvgIpc) is 2.44. The molecule has 1 unspecified atom stereocenters. The molecule has 1 aromatic rings. The highest BCUT2D eigenvalue weighted by atomic mass is 16.5. The average molecular weight is 293 g/mol. The van der Waals surface area contributed by atoms with Gasteiger partial charge in [-0.15, -0.1) is 0 Å². The van der Waals surface area contributed by atoms with E-state index in [-0.39, 0.29) is 11.9 Å². The summed E-state index contributed by atoms with van der Waals surface area (Å²) in [4.78, 5) is 13.3. The first-order valence-corrected chi connectivity index (χ1v) is 7.31.